The van der Waals surface area contributed by atoms with E-state index in [0.717, 1.165) is 53.7 Å². The van der Waals surface area contributed by atoms with Crippen molar-refractivity contribution < 1.29 is 4.74 Å². The van der Waals surface area contributed by atoms with Crippen LogP contribution in [-0.2, 0) is 4.74 Å². The van der Waals surface area contributed by atoms with E-state index in [4.69, 9.17) is 9.84 Å². The van der Waals surface area contributed by atoms with E-state index in [1.54, 1.807) is 17.8 Å². The standard InChI is InChI=1S/C24H26N6O/c1-17-5-7-18(8-6-17)21-14-22(24-25-11-13-30(24)28-21)27-23-10-9-19(15-26-23)29-12-3-4-20(29)16-31-2/h5-11,13-15,20H,3-4,12,16H2,1-2H3,(H,26,27). The van der Waals surface area contributed by atoms with Gasteiger partial charge in [-0.05, 0) is 38.0 Å². The molecule has 1 aliphatic rings. The Bertz CT molecular complexity index is 1170. The van der Waals surface area contributed by atoms with Gasteiger partial charge in [-0.15, -0.1) is 0 Å². The molecule has 7 nitrogen and oxygen atoms in total. The molecule has 1 unspecified atom stereocenters. The Morgan fingerprint density at radius 3 is 2.77 bits per heavy atom. The van der Waals surface area contributed by atoms with E-state index in [0.29, 0.717) is 6.04 Å². The lowest BCUT2D eigenvalue weighted by atomic mass is 10.1. The Kier molecular flexibility index (Phi) is 5.26. The van der Waals surface area contributed by atoms with Crippen LogP contribution in [0.4, 0.5) is 17.2 Å². The van der Waals surface area contributed by atoms with Crippen LogP contribution in [0, 0.1) is 6.92 Å². The first-order valence-electron chi connectivity index (χ1n) is 10.6. The molecule has 1 aliphatic heterocycles. The van der Waals surface area contributed by atoms with Gasteiger partial charge in [0.25, 0.3) is 0 Å². The topological polar surface area (TPSA) is 67.6 Å². The zero-order chi connectivity index (χ0) is 21.2. The highest BCUT2D eigenvalue weighted by Gasteiger charge is 2.24. The lowest BCUT2D eigenvalue weighted by Crippen LogP contribution is -2.32. The van der Waals surface area contributed by atoms with Crippen LogP contribution in [-0.4, -0.2) is 45.9 Å². The van der Waals surface area contributed by atoms with Gasteiger partial charge in [0.05, 0.1) is 35.9 Å². The maximum absolute atomic E-state index is 5.38. The number of pyridine rings is 1. The molecule has 0 spiro atoms. The summed E-state index contributed by atoms with van der Waals surface area (Å²) in [5.74, 6) is 0.775. The summed E-state index contributed by atoms with van der Waals surface area (Å²) in [6.07, 6.45) is 7.89. The molecule has 0 aliphatic carbocycles. The Morgan fingerprint density at radius 2 is 2.00 bits per heavy atom. The fourth-order valence-electron chi connectivity index (χ4n) is 4.18. The van der Waals surface area contributed by atoms with Gasteiger partial charge in [-0.25, -0.2) is 14.5 Å². The van der Waals surface area contributed by atoms with Crippen LogP contribution in [0.5, 0.6) is 0 Å². The zero-order valence-corrected chi connectivity index (χ0v) is 17.8. The molecule has 7 heteroatoms. The summed E-state index contributed by atoms with van der Waals surface area (Å²) in [5, 5.41) is 8.14. The molecule has 0 bridgehead atoms. The third-order valence-electron chi connectivity index (χ3n) is 5.78. The molecule has 1 atom stereocenters. The van der Waals surface area contributed by atoms with Gasteiger partial charge in [0, 0.05) is 31.6 Å². The maximum Gasteiger partial charge on any atom is 0.177 e. The van der Waals surface area contributed by atoms with Crippen molar-refractivity contribution in [3.05, 3.63) is 66.6 Å². The minimum atomic E-state index is 0.424. The minimum Gasteiger partial charge on any atom is -0.383 e. The molecule has 3 aromatic heterocycles. The van der Waals surface area contributed by atoms with Crippen LogP contribution >= 0.6 is 0 Å². The molecule has 1 N–H and O–H groups in total. The van der Waals surface area contributed by atoms with Gasteiger partial charge >= 0.3 is 0 Å². The van der Waals surface area contributed by atoms with Crippen molar-refractivity contribution >= 4 is 22.8 Å². The van der Waals surface area contributed by atoms with Gasteiger partial charge in [-0.2, -0.15) is 5.10 Å². The molecule has 4 aromatic rings. The number of fused-ring (bicyclic) bond motifs is 1. The number of methoxy groups -OCH3 is 1. The fourth-order valence-corrected chi connectivity index (χ4v) is 4.18. The molecule has 0 saturated carbocycles. The second kappa shape index (κ2) is 8.35. The molecule has 0 radical (unpaired) electrons. The Labute approximate surface area is 181 Å². The van der Waals surface area contributed by atoms with E-state index in [1.165, 1.54) is 12.0 Å². The summed E-state index contributed by atoms with van der Waals surface area (Å²) in [5.41, 5.74) is 5.93. The van der Waals surface area contributed by atoms with Gasteiger partial charge in [0.15, 0.2) is 5.65 Å². The van der Waals surface area contributed by atoms with Crippen LogP contribution in [0.25, 0.3) is 16.9 Å². The Morgan fingerprint density at radius 1 is 1.13 bits per heavy atom. The zero-order valence-electron chi connectivity index (χ0n) is 17.8. The van der Waals surface area contributed by atoms with Crippen LogP contribution in [0.3, 0.4) is 0 Å². The first kappa shape index (κ1) is 19.5. The number of aryl methyl sites for hydroxylation is 1. The second-order valence-corrected chi connectivity index (χ2v) is 7.98. The number of nitrogens with zero attached hydrogens (tertiary/aromatic N) is 5. The van der Waals surface area contributed by atoms with Crippen LogP contribution < -0.4 is 10.2 Å². The van der Waals surface area contributed by atoms with Gasteiger partial charge < -0.3 is 15.0 Å². The summed E-state index contributed by atoms with van der Waals surface area (Å²) in [4.78, 5) is 11.5. The molecule has 1 aromatic carbocycles. The molecular weight excluding hydrogens is 388 g/mol. The molecule has 158 valence electrons. The highest BCUT2D eigenvalue weighted by Crippen LogP contribution is 2.28. The average molecular weight is 415 g/mol. The number of ether oxygens (including phenoxy) is 1. The molecule has 1 saturated heterocycles. The predicted molar refractivity (Wildman–Crippen MR) is 123 cm³/mol. The minimum absolute atomic E-state index is 0.424. The summed E-state index contributed by atoms with van der Waals surface area (Å²) >= 11 is 0. The van der Waals surface area contributed by atoms with Crippen LogP contribution in [0.2, 0.25) is 0 Å². The number of aromatic nitrogens is 4. The number of rotatable bonds is 6. The molecule has 4 heterocycles. The monoisotopic (exact) mass is 414 g/mol. The van der Waals surface area contributed by atoms with Crippen molar-refractivity contribution in [2.24, 2.45) is 0 Å². The lowest BCUT2D eigenvalue weighted by molar-refractivity contribution is 0.181. The number of nitrogens with one attached hydrogen (secondary N) is 1. The van der Waals surface area contributed by atoms with E-state index in [2.05, 4.69) is 57.4 Å². The van der Waals surface area contributed by atoms with E-state index in [9.17, 15) is 0 Å². The number of benzene rings is 1. The van der Waals surface area contributed by atoms with Crippen molar-refractivity contribution in [1.29, 1.82) is 0 Å². The third kappa shape index (κ3) is 3.96. The third-order valence-corrected chi connectivity index (χ3v) is 5.78. The van der Waals surface area contributed by atoms with Crippen molar-refractivity contribution in [2.75, 3.05) is 30.5 Å². The normalized spacial score (nSPS) is 16.2. The Balaban J connectivity index is 1.42. The quantitative estimate of drug-likeness (QED) is 0.502. The summed E-state index contributed by atoms with van der Waals surface area (Å²) in [6.45, 7) is 3.87. The maximum atomic E-state index is 5.38. The van der Waals surface area contributed by atoms with E-state index >= 15 is 0 Å². The van der Waals surface area contributed by atoms with E-state index < -0.39 is 0 Å². The highest BCUT2D eigenvalue weighted by atomic mass is 16.5. The molecule has 1 fully saturated rings. The molecule has 31 heavy (non-hydrogen) atoms. The number of hydrogen-bond donors (Lipinski definition) is 1. The molecule has 0 amide bonds. The lowest BCUT2D eigenvalue weighted by Gasteiger charge is -2.26. The first-order valence-corrected chi connectivity index (χ1v) is 10.6. The number of hydrogen-bond acceptors (Lipinski definition) is 6. The molecular formula is C24H26N6O. The SMILES string of the molecule is COCC1CCCN1c1ccc(Nc2cc(-c3ccc(C)cc3)nn3ccnc23)nc1. The van der Waals surface area contributed by atoms with E-state index in [1.807, 2.05) is 24.5 Å². The highest BCUT2D eigenvalue weighted by molar-refractivity contribution is 5.77. The van der Waals surface area contributed by atoms with Crippen LogP contribution in [0.1, 0.15) is 18.4 Å². The van der Waals surface area contributed by atoms with Crippen molar-refractivity contribution in [1.82, 2.24) is 19.6 Å². The smallest absolute Gasteiger partial charge is 0.177 e. The predicted octanol–water partition coefficient (Wildman–Crippen LogP) is 4.46. The fraction of sp³-hybridized carbons (Fsp3) is 0.292. The van der Waals surface area contributed by atoms with Gasteiger partial charge in [0.2, 0.25) is 0 Å². The van der Waals surface area contributed by atoms with E-state index in [-0.39, 0.29) is 0 Å². The number of anilines is 3. The van der Waals surface area contributed by atoms with Gasteiger partial charge in [-0.1, -0.05) is 29.8 Å². The second-order valence-electron chi connectivity index (χ2n) is 7.98. The van der Waals surface area contributed by atoms with Crippen molar-refractivity contribution in [3.8, 4) is 11.3 Å². The average Bonchev–Trinajstić information content (AvgIpc) is 3.45. The molecule has 5 rings (SSSR count). The van der Waals surface area contributed by atoms with Gasteiger partial charge in [-0.3, -0.25) is 0 Å². The summed E-state index contributed by atoms with van der Waals surface area (Å²) < 4.78 is 7.18. The van der Waals surface area contributed by atoms with Crippen molar-refractivity contribution in [2.45, 2.75) is 25.8 Å². The summed E-state index contributed by atoms with van der Waals surface area (Å²) in [6, 6.07) is 14.9. The summed E-state index contributed by atoms with van der Waals surface area (Å²) in [7, 11) is 1.76. The van der Waals surface area contributed by atoms with Crippen molar-refractivity contribution in [3.63, 3.8) is 0 Å². The first-order chi connectivity index (χ1) is 15.2. The number of imidazole rings is 1. The largest absolute Gasteiger partial charge is 0.383 e. The Hall–Kier alpha value is -3.45. The van der Waals surface area contributed by atoms with Gasteiger partial charge in [0.1, 0.15) is 5.82 Å². The van der Waals surface area contributed by atoms with Crippen LogP contribution in [0.15, 0.2) is 61.1 Å².